The molecule has 0 aliphatic carbocycles. The van der Waals surface area contributed by atoms with Crippen LogP contribution in [0.3, 0.4) is 0 Å². The van der Waals surface area contributed by atoms with Crippen molar-refractivity contribution in [1.82, 2.24) is 10.3 Å². The Hall–Kier alpha value is -1.46. The molecule has 1 aromatic heterocycles. The van der Waals surface area contributed by atoms with Crippen molar-refractivity contribution in [3.63, 3.8) is 0 Å². The van der Waals surface area contributed by atoms with Crippen LogP contribution in [0, 0.1) is 0 Å². The summed E-state index contributed by atoms with van der Waals surface area (Å²) < 4.78 is 0. The number of carbonyl (C=O) groups is 1. The number of hydrogen-bond donors (Lipinski definition) is 3. The molecule has 0 aromatic carbocycles. The Morgan fingerprint density at radius 2 is 2.19 bits per heavy atom. The van der Waals surface area contributed by atoms with Crippen molar-refractivity contribution in [3.8, 4) is 0 Å². The first-order chi connectivity index (χ1) is 7.38. The van der Waals surface area contributed by atoms with E-state index in [0.29, 0.717) is 13.1 Å². The lowest BCUT2D eigenvalue weighted by molar-refractivity contribution is 0.0696. The maximum absolute atomic E-state index is 10.6. The SMILES string of the molecule is CC(C)(O)CNCc1ccc(C(=O)O)cn1. The van der Waals surface area contributed by atoms with Crippen molar-refractivity contribution in [2.24, 2.45) is 0 Å². The van der Waals surface area contributed by atoms with Gasteiger partial charge in [0.05, 0.1) is 16.9 Å². The minimum atomic E-state index is -0.983. The molecule has 0 aliphatic heterocycles. The van der Waals surface area contributed by atoms with E-state index in [9.17, 15) is 9.90 Å². The molecule has 5 heteroatoms. The highest BCUT2D eigenvalue weighted by Gasteiger charge is 2.11. The van der Waals surface area contributed by atoms with E-state index in [1.807, 2.05) is 0 Å². The summed E-state index contributed by atoms with van der Waals surface area (Å²) >= 11 is 0. The van der Waals surface area contributed by atoms with E-state index in [0.717, 1.165) is 5.69 Å². The van der Waals surface area contributed by atoms with Gasteiger partial charge in [0.2, 0.25) is 0 Å². The van der Waals surface area contributed by atoms with Gasteiger partial charge in [-0.15, -0.1) is 0 Å². The van der Waals surface area contributed by atoms with Gasteiger partial charge in [0.1, 0.15) is 0 Å². The van der Waals surface area contributed by atoms with Gasteiger partial charge in [0.15, 0.2) is 0 Å². The number of nitrogens with zero attached hydrogens (tertiary/aromatic N) is 1. The molecule has 0 saturated heterocycles. The van der Waals surface area contributed by atoms with Crippen molar-refractivity contribution >= 4 is 5.97 Å². The van der Waals surface area contributed by atoms with E-state index in [1.165, 1.54) is 12.3 Å². The quantitative estimate of drug-likeness (QED) is 0.683. The lowest BCUT2D eigenvalue weighted by Crippen LogP contribution is -2.34. The molecule has 0 bridgehead atoms. The van der Waals surface area contributed by atoms with E-state index >= 15 is 0 Å². The standard InChI is InChI=1S/C11H16N2O3/c1-11(2,16)7-12-6-9-4-3-8(5-13-9)10(14)15/h3-5,12,16H,6-7H2,1-2H3,(H,14,15). The first-order valence-electron chi connectivity index (χ1n) is 5.00. The number of carboxylic acid groups (broad SMARTS) is 1. The molecule has 0 radical (unpaired) electrons. The van der Waals surface area contributed by atoms with Gasteiger partial charge in [-0.3, -0.25) is 4.98 Å². The van der Waals surface area contributed by atoms with Crippen molar-refractivity contribution in [3.05, 3.63) is 29.6 Å². The molecular weight excluding hydrogens is 208 g/mol. The minimum absolute atomic E-state index is 0.172. The number of aliphatic hydroxyl groups is 1. The largest absolute Gasteiger partial charge is 0.478 e. The van der Waals surface area contributed by atoms with E-state index in [4.69, 9.17) is 5.11 Å². The summed E-state index contributed by atoms with van der Waals surface area (Å²) in [6, 6.07) is 3.16. The van der Waals surface area contributed by atoms with Gasteiger partial charge in [0.25, 0.3) is 0 Å². The van der Waals surface area contributed by atoms with E-state index in [2.05, 4.69) is 10.3 Å². The summed E-state index contributed by atoms with van der Waals surface area (Å²) in [6.07, 6.45) is 1.32. The van der Waals surface area contributed by atoms with Gasteiger partial charge >= 0.3 is 5.97 Å². The molecule has 0 aliphatic rings. The van der Waals surface area contributed by atoms with Crippen LogP contribution in [0.15, 0.2) is 18.3 Å². The number of carboxylic acids is 1. The van der Waals surface area contributed by atoms with E-state index < -0.39 is 11.6 Å². The molecule has 1 heterocycles. The third-order valence-corrected chi connectivity index (χ3v) is 1.94. The second-order valence-corrected chi connectivity index (χ2v) is 4.26. The number of rotatable bonds is 5. The lowest BCUT2D eigenvalue weighted by atomic mass is 10.1. The van der Waals surface area contributed by atoms with Crippen molar-refractivity contribution < 1.29 is 15.0 Å². The Labute approximate surface area is 94.1 Å². The molecule has 5 nitrogen and oxygen atoms in total. The molecule has 3 N–H and O–H groups in total. The fraction of sp³-hybridized carbons (Fsp3) is 0.455. The van der Waals surface area contributed by atoms with Gasteiger partial charge in [-0.1, -0.05) is 0 Å². The van der Waals surface area contributed by atoms with Crippen LogP contribution in [0.25, 0.3) is 0 Å². The average Bonchev–Trinajstić information content (AvgIpc) is 2.16. The normalized spacial score (nSPS) is 11.4. The monoisotopic (exact) mass is 224 g/mol. The number of hydrogen-bond acceptors (Lipinski definition) is 4. The van der Waals surface area contributed by atoms with Gasteiger partial charge in [-0.2, -0.15) is 0 Å². The van der Waals surface area contributed by atoms with Gasteiger partial charge in [0, 0.05) is 19.3 Å². The minimum Gasteiger partial charge on any atom is -0.478 e. The summed E-state index contributed by atoms with van der Waals surface area (Å²) in [6.45, 7) is 4.38. The fourth-order valence-electron chi connectivity index (χ4n) is 1.15. The van der Waals surface area contributed by atoms with Crippen LogP contribution >= 0.6 is 0 Å². The Morgan fingerprint density at radius 3 is 2.62 bits per heavy atom. The zero-order chi connectivity index (χ0) is 12.2. The first-order valence-corrected chi connectivity index (χ1v) is 5.00. The third kappa shape index (κ3) is 4.37. The zero-order valence-corrected chi connectivity index (χ0v) is 9.40. The Bertz CT molecular complexity index is 354. The number of pyridine rings is 1. The average molecular weight is 224 g/mol. The fourth-order valence-corrected chi connectivity index (χ4v) is 1.15. The summed E-state index contributed by atoms with van der Waals surface area (Å²) in [5.74, 6) is -0.983. The molecule has 0 unspecified atom stereocenters. The molecule has 1 aromatic rings. The molecule has 0 saturated carbocycles. The summed E-state index contributed by atoms with van der Waals surface area (Å²) in [5.41, 5.74) is 0.154. The van der Waals surface area contributed by atoms with Gasteiger partial charge in [-0.05, 0) is 26.0 Å². The van der Waals surface area contributed by atoms with Crippen molar-refractivity contribution in [2.75, 3.05) is 6.54 Å². The molecule has 0 amide bonds. The van der Waals surface area contributed by atoms with Crippen LogP contribution in [-0.2, 0) is 6.54 Å². The van der Waals surface area contributed by atoms with Crippen LogP contribution in [0.4, 0.5) is 0 Å². The number of aromatic nitrogens is 1. The van der Waals surface area contributed by atoms with E-state index in [1.54, 1.807) is 19.9 Å². The van der Waals surface area contributed by atoms with Gasteiger partial charge in [-0.25, -0.2) is 4.79 Å². The summed E-state index contributed by atoms with van der Waals surface area (Å²) in [7, 11) is 0. The predicted molar refractivity (Wildman–Crippen MR) is 59.2 cm³/mol. The smallest absolute Gasteiger partial charge is 0.337 e. The van der Waals surface area contributed by atoms with Crippen LogP contribution in [-0.4, -0.2) is 33.3 Å². The molecular formula is C11H16N2O3. The highest BCUT2D eigenvalue weighted by molar-refractivity contribution is 5.87. The van der Waals surface area contributed by atoms with E-state index in [-0.39, 0.29) is 5.56 Å². The molecule has 0 fully saturated rings. The van der Waals surface area contributed by atoms with Crippen LogP contribution < -0.4 is 5.32 Å². The molecule has 0 spiro atoms. The van der Waals surface area contributed by atoms with Gasteiger partial charge < -0.3 is 15.5 Å². The van der Waals surface area contributed by atoms with Crippen LogP contribution in [0.5, 0.6) is 0 Å². The Balaban J connectivity index is 2.47. The first kappa shape index (κ1) is 12.6. The third-order valence-electron chi connectivity index (χ3n) is 1.94. The number of aromatic carboxylic acids is 1. The van der Waals surface area contributed by atoms with Crippen molar-refractivity contribution in [2.45, 2.75) is 26.0 Å². The zero-order valence-electron chi connectivity index (χ0n) is 9.40. The topological polar surface area (TPSA) is 82.5 Å². The van der Waals surface area contributed by atoms with Crippen LogP contribution in [0.1, 0.15) is 29.9 Å². The second-order valence-electron chi connectivity index (χ2n) is 4.26. The highest BCUT2D eigenvalue weighted by atomic mass is 16.4. The maximum atomic E-state index is 10.6. The lowest BCUT2D eigenvalue weighted by Gasteiger charge is -2.17. The highest BCUT2D eigenvalue weighted by Crippen LogP contribution is 2.01. The second kappa shape index (κ2) is 5.05. The molecule has 0 atom stereocenters. The molecule has 88 valence electrons. The molecule has 16 heavy (non-hydrogen) atoms. The summed E-state index contributed by atoms with van der Waals surface area (Å²) in [5, 5.41) is 21.2. The summed E-state index contributed by atoms with van der Waals surface area (Å²) in [4.78, 5) is 14.6. The maximum Gasteiger partial charge on any atom is 0.337 e. The molecule has 1 rings (SSSR count). The predicted octanol–water partition coefficient (Wildman–Crippen LogP) is 0.640. The van der Waals surface area contributed by atoms with Crippen molar-refractivity contribution in [1.29, 1.82) is 0 Å². The Morgan fingerprint density at radius 1 is 1.50 bits per heavy atom. The Kier molecular flexibility index (Phi) is 3.98. The number of nitrogens with one attached hydrogen (secondary N) is 1. The van der Waals surface area contributed by atoms with Crippen LogP contribution in [0.2, 0.25) is 0 Å².